The fourth-order valence-electron chi connectivity index (χ4n) is 1.75. The molecule has 0 aromatic carbocycles. The molecule has 1 fully saturated rings. The van der Waals surface area contributed by atoms with E-state index < -0.39 is 0 Å². The molecule has 0 atom stereocenters. The Morgan fingerprint density at radius 2 is 2.21 bits per heavy atom. The quantitative estimate of drug-likeness (QED) is 0.646. The molecule has 0 bridgehead atoms. The number of rotatable bonds is 1. The van der Waals surface area contributed by atoms with Crippen LogP contribution in [-0.2, 0) is 0 Å². The molecule has 0 aliphatic carbocycles. The fraction of sp³-hybridized carbons (Fsp3) is 0.556. The smallest absolute Gasteiger partial charge is 0.295 e. The van der Waals surface area contributed by atoms with Gasteiger partial charge in [-0.3, -0.25) is 4.79 Å². The van der Waals surface area contributed by atoms with E-state index in [1.165, 1.54) is 0 Å². The molecule has 14 heavy (non-hydrogen) atoms. The molecular formula is C9H14N4O. The molecule has 3 N–H and O–H groups in total. The second kappa shape index (κ2) is 3.79. The van der Waals surface area contributed by atoms with Crippen molar-refractivity contribution in [1.29, 1.82) is 0 Å². The van der Waals surface area contributed by atoms with Crippen molar-refractivity contribution in [2.75, 3.05) is 18.8 Å². The van der Waals surface area contributed by atoms with E-state index in [1.54, 1.807) is 12.5 Å². The third kappa shape index (κ3) is 1.77. The van der Waals surface area contributed by atoms with Gasteiger partial charge in [0.25, 0.3) is 5.56 Å². The Labute approximate surface area is 82.0 Å². The van der Waals surface area contributed by atoms with Gasteiger partial charge in [-0.2, -0.15) is 4.98 Å². The van der Waals surface area contributed by atoms with Crippen LogP contribution < -0.4 is 16.6 Å². The summed E-state index contributed by atoms with van der Waals surface area (Å²) in [6.07, 6.45) is 5.38. The molecular weight excluding hydrogens is 180 g/mol. The molecule has 5 heteroatoms. The number of nitrogen functional groups attached to an aromatic ring is 1. The molecule has 0 unspecified atom stereocenters. The van der Waals surface area contributed by atoms with E-state index in [1.807, 2.05) is 4.57 Å². The van der Waals surface area contributed by atoms with Gasteiger partial charge in [0.15, 0.2) is 0 Å². The average Bonchev–Trinajstić information content (AvgIpc) is 2.23. The van der Waals surface area contributed by atoms with Crippen molar-refractivity contribution >= 4 is 5.69 Å². The molecule has 0 radical (unpaired) electrons. The van der Waals surface area contributed by atoms with Crippen molar-refractivity contribution in [2.24, 2.45) is 0 Å². The van der Waals surface area contributed by atoms with E-state index in [9.17, 15) is 4.79 Å². The predicted molar refractivity (Wildman–Crippen MR) is 54.1 cm³/mol. The van der Waals surface area contributed by atoms with Crippen LogP contribution in [0.5, 0.6) is 0 Å². The lowest BCUT2D eigenvalue weighted by molar-refractivity contribution is 0.364. The molecule has 5 nitrogen and oxygen atoms in total. The highest BCUT2D eigenvalue weighted by molar-refractivity contribution is 5.30. The number of anilines is 1. The van der Waals surface area contributed by atoms with E-state index in [4.69, 9.17) is 5.73 Å². The van der Waals surface area contributed by atoms with Crippen LogP contribution in [0.25, 0.3) is 0 Å². The molecule has 76 valence electrons. The summed E-state index contributed by atoms with van der Waals surface area (Å²) in [6.45, 7) is 2.02. The Hall–Kier alpha value is -1.36. The number of nitrogens with two attached hydrogens (primary N) is 1. The summed E-state index contributed by atoms with van der Waals surface area (Å²) in [7, 11) is 0. The van der Waals surface area contributed by atoms with Crippen LogP contribution in [0.2, 0.25) is 0 Å². The van der Waals surface area contributed by atoms with E-state index in [-0.39, 0.29) is 11.2 Å². The van der Waals surface area contributed by atoms with Gasteiger partial charge in [0, 0.05) is 12.2 Å². The maximum Gasteiger partial charge on any atom is 0.295 e. The molecule has 2 heterocycles. The molecule has 0 spiro atoms. The van der Waals surface area contributed by atoms with Crippen LogP contribution in [0.15, 0.2) is 17.3 Å². The van der Waals surface area contributed by atoms with Crippen LogP contribution in [0.1, 0.15) is 18.9 Å². The summed E-state index contributed by atoms with van der Waals surface area (Å²) < 4.78 is 1.94. The van der Waals surface area contributed by atoms with Crippen LogP contribution in [0.3, 0.4) is 0 Å². The molecule has 1 aliphatic heterocycles. The molecule has 0 amide bonds. The number of hydrogen-bond donors (Lipinski definition) is 2. The standard InChI is InChI=1S/C9H14N4O/c10-8-5-13(6-12-9(8)14)7-1-3-11-4-2-7/h5-7,11H,1-4,10H2. The Kier molecular flexibility index (Phi) is 2.49. The van der Waals surface area contributed by atoms with E-state index >= 15 is 0 Å². The molecule has 1 aromatic heterocycles. The summed E-state index contributed by atoms with van der Waals surface area (Å²) in [6, 6.07) is 0.423. The van der Waals surface area contributed by atoms with Gasteiger partial charge in [-0.15, -0.1) is 0 Å². The number of aromatic nitrogens is 2. The summed E-state index contributed by atoms with van der Waals surface area (Å²) in [5, 5.41) is 3.28. The summed E-state index contributed by atoms with van der Waals surface area (Å²) >= 11 is 0. The van der Waals surface area contributed by atoms with E-state index in [2.05, 4.69) is 10.3 Å². The first kappa shape index (κ1) is 9.21. The molecule has 0 saturated carbocycles. The normalized spacial score (nSPS) is 18.3. The first-order valence-electron chi connectivity index (χ1n) is 4.81. The van der Waals surface area contributed by atoms with Crippen LogP contribution in [-0.4, -0.2) is 22.6 Å². The van der Waals surface area contributed by atoms with Crippen molar-refractivity contribution in [3.05, 3.63) is 22.9 Å². The van der Waals surface area contributed by atoms with Gasteiger partial charge >= 0.3 is 0 Å². The lowest BCUT2D eigenvalue weighted by Gasteiger charge is -2.24. The number of piperidine rings is 1. The Morgan fingerprint density at radius 3 is 2.86 bits per heavy atom. The lowest BCUT2D eigenvalue weighted by Crippen LogP contribution is -2.30. The maximum absolute atomic E-state index is 11.0. The largest absolute Gasteiger partial charge is 0.393 e. The number of nitrogens with one attached hydrogen (secondary N) is 1. The summed E-state index contributed by atoms with van der Waals surface area (Å²) in [4.78, 5) is 14.7. The first-order chi connectivity index (χ1) is 6.77. The minimum Gasteiger partial charge on any atom is -0.393 e. The van der Waals surface area contributed by atoms with Gasteiger partial charge in [-0.25, -0.2) is 0 Å². The van der Waals surface area contributed by atoms with Crippen LogP contribution >= 0.6 is 0 Å². The predicted octanol–water partition coefficient (Wildman–Crippen LogP) is -0.250. The SMILES string of the molecule is Nc1cn(C2CCNCC2)cnc1=O. The van der Waals surface area contributed by atoms with E-state index in [0.717, 1.165) is 25.9 Å². The van der Waals surface area contributed by atoms with Crippen molar-refractivity contribution in [3.8, 4) is 0 Å². The topological polar surface area (TPSA) is 72.9 Å². The monoisotopic (exact) mass is 194 g/mol. The fourth-order valence-corrected chi connectivity index (χ4v) is 1.75. The highest BCUT2D eigenvalue weighted by atomic mass is 16.1. The lowest BCUT2D eigenvalue weighted by atomic mass is 10.1. The van der Waals surface area contributed by atoms with Crippen LogP contribution in [0.4, 0.5) is 5.69 Å². The Balaban J connectivity index is 2.22. The van der Waals surface area contributed by atoms with Gasteiger partial charge in [0.2, 0.25) is 0 Å². The average molecular weight is 194 g/mol. The van der Waals surface area contributed by atoms with Gasteiger partial charge in [-0.1, -0.05) is 0 Å². The van der Waals surface area contributed by atoms with Gasteiger partial charge < -0.3 is 15.6 Å². The molecule has 1 saturated heterocycles. The van der Waals surface area contributed by atoms with Gasteiger partial charge in [0.05, 0.1) is 6.33 Å². The Bertz CT molecular complexity index is 367. The maximum atomic E-state index is 11.0. The van der Waals surface area contributed by atoms with Gasteiger partial charge in [0.1, 0.15) is 5.69 Å². The molecule has 2 rings (SSSR count). The van der Waals surface area contributed by atoms with E-state index in [0.29, 0.717) is 6.04 Å². The summed E-state index contributed by atoms with van der Waals surface area (Å²) in [5.41, 5.74) is 5.41. The van der Waals surface area contributed by atoms with Crippen molar-refractivity contribution in [3.63, 3.8) is 0 Å². The third-order valence-corrected chi connectivity index (χ3v) is 2.57. The number of nitrogens with zero attached hydrogens (tertiary/aromatic N) is 2. The summed E-state index contributed by atoms with van der Waals surface area (Å²) in [5.74, 6) is 0. The zero-order valence-corrected chi connectivity index (χ0v) is 7.94. The highest BCUT2D eigenvalue weighted by Crippen LogP contribution is 2.17. The minimum atomic E-state index is -0.338. The van der Waals surface area contributed by atoms with Crippen molar-refractivity contribution < 1.29 is 0 Å². The van der Waals surface area contributed by atoms with Crippen LogP contribution in [0, 0.1) is 0 Å². The molecule has 1 aromatic rings. The minimum absolute atomic E-state index is 0.228. The van der Waals surface area contributed by atoms with Crippen molar-refractivity contribution in [1.82, 2.24) is 14.9 Å². The zero-order chi connectivity index (χ0) is 9.97. The van der Waals surface area contributed by atoms with Crippen molar-refractivity contribution in [2.45, 2.75) is 18.9 Å². The first-order valence-corrected chi connectivity index (χ1v) is 4.81. The van der Waals surface area contributed by atoms with Gasteiger partial charge in [-0.05, 0) is 25.9 Å². The molecule has 1 aliphatic rings. The number of hydrogen-bond acceptors (Lipinski definition) is 4. The second-order valence-corrected chi connectivity index (χ2v) is 3.56. The third-order valence-electron chi connectivity index (χ3n) is 2.57. The zero-order valence-electron chi connectivity index (χ0n) is 7.94. The Morgan fingerprint density at radius 1 is 1.50 bits per heavy atom. The second-order valence-electron chi connectivity index (χ2n) is 3.56. The highest BCUT2D eigenvalue weighted by Gasteiger charge is 2.14.